The van der Waals surface area contributed by atoms with Gasteiger partial charge in [-0.3, -0.25) is 9.63 Å². The van der Waals surface area contributed by atoms with Crippen molar-refractivity contribution in [3.63, 3.8) is 0 Å². The first kappa shape index (κ1) is 14.6. The molecule has 0 bridgehead atoms. The molecule has 0 aromatic carbocycles. The Balaban J connectivity index is 0.00000106. The lowest BCUT2D eigenvalue weighted by molar-refractivity contribution is -0.0761. The Kier molecular flexibility index (Phi) is 6.36. The van der Waals surface area contributed by atoms with Gasteiger partial charge in [-0.15, -0.1) is 10.2 Å². The second-order valence-electron chi connectivity index (χ2n) is 2.45. The number of hydrogen-bond acceptors (Lipinski definition) is 5. The standard InChI is InChI=1S/C7H9ClN4O2.C2H6/c1-12(14-2)7(13)6-4(8)3-5(9)10-11-6;1-2/h3H,1-2H3,(H2,9,10);1-2H3. The lowest BCUT2D eigenvalue weighted by Crippen LogP contribution is -2.27. The summed E-state index contributed by atoms with van der Waals surface area (Å²) in [7, 11) is 2.80. The topological polar surface area (TPSA) is 81.3 Å². The number of amides is 1. The van der Waals surface area contributed by atoms with Gasteiger partial charge in [-0.05, 0) is 0 Å². The summed E-state index contributed by atoms with van der Waals surface area (Å²) in [6, 6.07) is 1.35. The summed E-state index contributed by atoms with van der Waals surface area (Å²) in [6.07, 6.45) is 0. The van der Waals surface area contributed by atoms with Crippen molar-refractivity contribution in [1.82, 2.24) is 15.3 Å². The fourth-order valence-corrected chi connectivity index (χ4v) is 0.990. The van der Waals surface area contributed by atoms with Crippen LogP contribution in [0, 0.1) is 0 Å². The van der Waals surface area contributed by atoms with Gasteiger partial charge in [0.25, 0.3) is 5.91 Å². The predicted molar refractivity (Wildman–Crippen MR) is 61.9 cm³/mol. The average Bonchev–Trinajstić information content (AvgIpc) is 2.30. The van der Waals surface area contributed by atoms with Crippen LogP contribution >= 0.6 is 11.6 Å². The Morgan fingerprint density at radius 2 is 2.06 bits per heavy atom. The van der Waals surface area contributed by atoms with E-state index in [1.165, 1.54) is 20.2 Å². The van der Waals surface area contributed by atoms with Crippen molar-refractivity contribution >= 4 is 23.3 Å². The lowest BCUT2D eigenvalue weighted by atomic mass is 10.3. The highest BCUT2D eigenvalue weighted by molar-refractivity contribution is 6.33. The molecule has 0 saturated carbocycles. The zero-order valence-electron chi connectivity index (χ0n) is 9.69. The van der Waals surface area contributed by atoms with E-state index in [9.17, 15) is 4.79 Å². The largest absolute Gasteiger partial charge is 0.382 e. The van der Waals surface area contributed by atoms with Gasteiger partial charge in [-0.1, -0.05) is 25.4 Å². The van der Waals surface area contributed by atoms with E-state index in [4.69, 9.17) is 17.3 Å². The van der Waals surface area contributed by atoms with Crippen molar-refractivity contribution in [3.05, 3.63) is 16.8 Å². The number of nitrogen functional groups attached to an aromatic ring is 1. The van der Waals surface area contributed by atoms with Crippen LogP contribution in [0.5, 0.6) is 0 Å². The zero-order valence-corrected chi connectivity index (χ0v) is 10.4. The molecular formula is C9H15ClN4O2. The van der Waals surface area contributed by atoms with Crippen molar-refractivity contribution < 1.29 is 9.63 Å². The van der Waals surface area contributed by atoms with Gasteiger partial charge in [0, 0.05) is 13.1 Å². The number of nitrogens with zero attached hydrogens (tertiary/aromatic N) is 3. The van der Waals surface area contributed by atoms with Crippen LogP contribution in [0.25, 0.3) is 0 Å². The third kappa shape index (κ3) is 3.63. The molecule has 0 spiro atoms. The van der Waals surface area contributed by atoms with Crippen LogP contribution in [-0.4, -0.2) is 35.3 Å². The van der Waals surface area contributed by atoms with E-state index in [1.807, 2.05) is 13.8 Å². The minimum atomic E-state index is -0.481. The fraction of sp³-hybridized carbons (Fsp3) is 0.444. The summed E-state index contributed by atoms with van der Waals surface area (Å²) in [5, 5.41) is 8.22. The van der Waals surface area contributed by atoms with E-state index in [2.05, 4.69) is 15.0 Å². The van der Waals surface area contributed by atoms with Gasteiger partial charge in [0.1, 0.15) is 5.82 Å². The highest BCUT2D eigenvalue weighted by Gasteiger charge is 2.17. The Bertz CT molecular complexity index is 359. The summed E-state index contributed by atoms with van der Waals surface area (Å²) in [5.74, 6) is -0.323. The monoisotopic (exact) mass is 246 g/mol. The van der Waals surface area contributed by atoms with Crippen LogP contribution in [-0.2, 0) is 4.84 Å². The van der Waals surface area contributed by atoms with Gasteiger partial charge in [-0.2, -0.15) is 0 Å². The van der Waals surface area contributed by atoms with E-state index < -0.39 is 5.91 Å². The molecule has 90 valence electrons. The van der Waals surface area contributed by atoms with E-state index in [1.54, 1.807) is 0 Å². The third-order valence-corrected chi connectivity index (χ3v) is 1.82. The minimum Gasteiger partial charge on any atom is -0.382 e. The first-order chi connectivity index (χ1) is 7.56. The number of nitrogens with two attached hydrogens (primary N) is 1. The number of carbonyl (C=O) groups is 1. The normalized spacial score (nSPS) is 9.06. The van der Waals surface area contributed by atoms with Gasteiger partial charge >= 0.3 is 0 Å². The minimum absolute atomic E-state index is 0.00483. The van der Waals surface area contributed by atoms with Crippen LogP contribution in [0.2, 0.25) is 5.02 Å². The molecule has 1 amide bonds. The predicted octanol–water partition coefficient (Wildman–Crippen LogP) is 1.37. The van der Waals surface area contributed by atoms with Crippen molar-refractivity contribution in [3.8, 4) is 0 Å². The second kappa shape index (κ2) is 6.97. The molecule has 0 unspecified atom stereocenters. The molecule has 1 aromatic rings. The van der Waals surface area contributed by atoms with E-state index in [0.717, 1.165) is 5.06 Å². The highest BCUT2D eigenvalue weighted by Crippen LogP contribution is 2.15. The van der Waals surface area contributed by atoms with Crippen molar-refractivity contribution in [1.29, 1.82) is 0 Å². The Labute approximate surface area is 99.3 Å². The molecule has 0 radical (unpaired) electrons. The number of hydrogen-bond donors (Lipinski definition) is 1. The molecule has 0 saturated heterocycles. The summed E-state index contributed by atoms with van der Waals surface area (Å²) in [4.78, 5) is 16.2. The maximum absolute atomic E-state index is 11.5. The fourth-order valence-electron chi connectivity index (χ4n) is 0.760. The van der Waals surface area contributed by atoms with Crippen LogP contribution < -0.4 is 5.73 Å². The van der Waals surface area contributed by atoms with Crippen molar-refractivity contribution in [2.45, 2.75) is 13.8 Å². The van der Waals surface area contributed by atoms with Crippen molar-refractivity contribution in [2.24, 2.45) is 0 Å². The summed E-state index contributed by atoms with van der Waals surface area (Å²) in [5.41, 5.74) is 5.33. The molecule has 0 fully saturated rings. The van der Waals surface area contributed by atoms with Gasteiger partial charge in [0.2, 0.25) is 0 Å². The molecule has 1 heterocycles. The van der Waals surface area contributed by atoms with E-state index >= 15 is 0 Å². The number of anilines is 1. The molecule has 1 aromatic heterocycles. The molecule has 0 aliphatic carbocycles. The molecule has 1 rings (SSSR count). The SMILES string of the molecule is CC.CON(C)C(=O)c1nnc(N)cc1Cl. The molecule has 0 aliphatic rings. The number of halogens is 1. The average molecular weight is 247 g/mol. The highest BCUT2D eigenvalue weighted by atomic mass is 35.5. The van der Waals surface area contributed by atoms with Gasteiger partial charge in [0.05, 0.1) is 12.1 Å². The van der Waals surface area contributed by atoms with Gasteiger partial charge in [-0.25, -0.2) is 5.06 Å². The molecular weight excluding hydrogens is 232 g/mol. The first-order valence-corrected chi connectivity index (χ1v) is 5.05. The number of carbonyl (C=O) groups excluding carboxylic acids is 1. The summed E-state index contributed by atoms with van der Waals surface area (Å²) in [6.45, 7) is 4.00. The number of aromatic nitrogens is 2. The molecule has 6 nitrogen and oxygen atoms in total. The van der Waals surface area contributed by atoms with Crippen LogP contribution in [0.4, 0.5) is 5.82 Å². The quantitative estimate of drug-likeness (QED) is 0.797. The van der Waals surface area contributed by atoms with Crippen LogP contribution in [0.3, 0.4) is 0 Å². The molecule has 7 heteroatoms. The van der Waals surface area contributed by atoms with Crippen LogP contribution in [0.1, 0.15) is 24.3 Å². The smallest absolute Gasteiger partial charge is 0.299 e. The molecule has 0 atom stereocenters. The van der Waals surface area contributed by atoms with Crippen molar-refractivity contribution in [2.75, 3.05) is 19.9 Å². The maximum atomic E-state index is 11.5. The Hall–Kier alpha value is -1.40. The summed E-state index contributed by atoms with van der Waals surface area (Å²) >= 11 is 5.74. The number of hydroxylamine groups is 2. The number of rotatable bonds is 2. The van der Waals surface area contributed by atoms with E-state index in [0.29, 0.717) is 0 Å². The summed E-state index contributed by atoms with van der Waals surface area (Å²) < 4.78 is 0. The second-order valence-corrected chi connectivity index (χ2v) is 2.86. The Morgan fingerprint density at radius 1 is 1.50 bits per heavy atom. The molecule has 2 N–H and O–H groups in total. The van der Waals surface area contributed by atoms with Crippen LogP contribution in [0.15, 0.2) is 6.07 Å². The van der Waals surface area contributed by atoms with E-state index in [-0.39, 0.29) is 16.5 Å². The van der Waals surface area contributed by atoms with Gasteiger partial charge < -0.3 is 5.73 Å². The Morgan fingerprint density at radius 3 is 2.50 bits per heavy atom. The first-order valence-electron chi connectivity index (χ1n) is 4.67. The molecule has 16 heavy (non-hydrogen) atoms. The maximum Gasteiger partial charge on any atom is 0.299 e. The molecule has 0 aliphatic heterocycles. The van der Waals surface area contributed by atoms with Gasteiger partial charge in [0.15, 0.2) is 5.69 Å². The third-order valence-electron chi connectivity index (χ3n) is 1.53. The zero-order chi connectivity index (χ0) is 12.7. The lowest BCUT2D eigenvalue weighted by Gasteiger charge is -2.12.